The van der Waals surface area contributed by atoms with Gasteiger partial charge < -0.3 is 10.2 Å². The Morgan fingerprint density at radius 2 is 2.00 bits per heavy atom. The van der Waals surface area contributed by atoms with Crippen LogP contribution in [0.5, 0.6) is 0 Å². The van der Waals surface area contributed by atoms with Crippen LogP contribution in [0.3, 0.4) is 0 Å². The molecule has 0 aliphatic carbocycles. The van der Waals surface area contributed by atoms with Crippen molar-refractivity contribution in [2.45, 2.75) is 32.2 Å². The van der Waals surface area contributed by atoms with E-state index in [1.807, 2.05) is 0 Å². The molecular formula is C14H20F2N2. The lowest BCUT2D eigenvalue weighted by Crippen LogP contribution is -2.39. The number of benzene rings is 1. The summed E-state index contributed by atoms with van der Waals surface area (Å²) in [5.41, 5.74) is 0.281. The van der Waals surface area contributed by atoms with Crippen molar-refractivity contribution in [2.75, 3.05) is 25.0 Å². The van der Waals surface area contributed by atoms with Crippen LogP contribution < -0.4 is 5.32 Å². The number of nitrogens with zero attached hydrogens (tertiary/aromatic N) is 1. The van der Waals surface area contributed by atoms with Gasteiger partial charge in [-0.05, 0) is 44.0 Å². The lowest BCUT2D eigenvalue weighted by molar-refractivity contribution is 0.219. The quantitative estimate of drug-likeness (QED) is 0.887. The van der Waals surface area contributed by atoms with Crippen molar-refractivity contribution >= 4 is 5.69 Å². The van der Waals surface area contributed by atoms with E-state index in [2.05, 4.69) is 17.1 Å². The first kappa shape index (κ1) is 13.3. The molecule has 1 aromatic rings. The Morgan fingerprint density at radius 1 is 1.28 bits per heavy atom. The molecule has 0 bridgehead atoms. The predicted octanol–water partition coefficient (Wildman–Crippen LogP) is 3.25. The predicted molar refractivity (Wildman–Crippen MR) is 69.7 cm³/mol. The number of hydrogen-bond donors (Lipinski definition) is 1. The van der Waals surface area contributed by atoms with Crippen molar-refractivity contribution < 1.29 is 8.78 Å². The zero-order valence-corrected chi connectivity index (χ0v) is 10.8. The van der Waals surface area contributed by atoms with E-state index >= 15 is 0 Å². The van der Waals surface area contributed by atoms with Crippen LogP contribution in [0.15, 0.2) is 18.2 Å². The van der Waals surface area contributed by atoms with Gasteiger partial charge in [-0.1, -0.05) is 6.92 Å². The van der Waals surface area contributed by atoms with Crippen LogP contribution >= 0.6 is 0 Å². The van der Waals surface area contributed by atoms with Crippen LogP contribution in [0.2, 0.25) is 0 Å². The van der Waals surface area contributed by atoms with Gasteiger partial charge in [0.15, 0.2) is 0 Å². The fourth-order valence-electron chi connectivity index (χ4n) is 2.45. The highest BCUT2D eigenvalue weighted by atomic mass is 19.1. The summed E-state index contributed by atoms with van der Waals surface area (Å²) < 4.78 is 26.5. The highest BCUT2D eigenvalue weighted by molar-refractivity contribution is 5.45. The number of hydrogen-bond acceptors (Lipinski definition) is 2. The topological polar surface area (TPSA) is 15.3 Å². The van der Waals surface area contributed by atoms with E-state index in [9.17, 15) is 8.78 Å². The molecule has 18 heavy (non-hydrogen) atoms. The summed E-state index contributed by atoms with van der Waals surface area (Å²) in [5, 5.41) is 3.11. The van der Waals surface area contributed by atoms with E-state index in [4.69, 9.17) is 0 Å². The summed E-state index contributed by atoms with van der Waals surface area (Å²) in [4.78, 5) is 2.42. The van der Waals surface area contributed by atoms with Crippen LogP contribution in [-0.4, -0.2) is 30.6 Å². The fourth-order valence-corrected chi connectivity index (χ4v) is 2.45. The van der Waals surface area contributed by atoms with E-state index < -0.39 is 5.82 Å². The SMILES string of the molecule is CCCN1CCC(Nc2cc(F)ccc2F)CC1. The second-order valence-electron chi connectivity index (χ2n) is 4.88. The number of halogens is 2. The third-order valence-corrected chi connectivity index (χ3v) is 3.42. The van der Waals surface area contributed by atoms with Crippen LogP contribution in [0.1, 0.15) is 26.2 Å². The minimum Gasteiger partial charge on any atom is -0.380 e. The number of piperidine rings is 1. The molecule has 1 aliphatic heterocycles. The van der Waals surface area contributed by atoms with Gasteiger partial charge in [0.25, 0.3) is 0 Å². The number of rotatable bonds is 4. The van der Waals surface area contributed by atoms with Gasteiger partial charge in [-0.25, -0.2) is 8.78 Å². The summed E-state index contributed by atoms with van der Waals surface area (Å²) in [6.45, 7) is 5.36. The lowest BCUT2D eigenvalue weighted by atomic mass is 10.0. The second-order valence-corrected chi connectivity index (χ2v) is 4.88. The third kappa shape index (κ3) is 3.42. The molecule has 2 rings (SSSR count). The Labute approximate surface area is 107 Å². The molecule has 0 saturated carbocycles. The van der Waals surface area contributed by atoms with Crippen molar-refractivity contribution in [1.29, 1.82) is 0 Å². The van der Waals surface area contributed by atoms with Crippen molar-refractivity contribution in [2.24, 2.45) is 0 Å². The molecule has 0 aromatic heterocycles. The molecule has 1 aromatic carbocycles. The molecule has 1 N–H and O–H groups in total. The van der Waals surface area contributed by atoms with E-state index in [0.717, 1.165) is 45.0 Å². The number of nitrogens with one attached hydrogen (secondary N) is 1. The van der Waals surface area contributed by atoms with Gasteiger partial charge in [-0.2, -0.15) is 0 Å². The zero-order valence-electron chi connectivity index (χ0n) is 10.8. The maximum absolute atomic E-state index is 13.5. The molecule has 0 amide bonds. The van der Waals surface area contributed by atoms with Crippen LogP contribution in [0, 0.1) is 11.6 Å². The summed E-state index contributed by atoms with van der Waals surface area (Å²) in [5.74, 6) is -0.783. The van der Waals surface area contributed by atoms with Gasteiger partial charge >= 0.3 is 0 Å². The van der Waals surface area contributed by atoms with Gasteiger partial charge in [0.05, 0.1) is 5.69 Å². The Bertz CT molecular complexity index is 387. The minimum atomic E-state index is -0.401. The summed E-state index contributed by atoms with van der Waals surface area (Å²) in [7, 11) is 0. The zero-order chi connectivity index (χ0) is 13.0. The van der Waals surface area contributed by atoms with Gasteiger partial charge in [0.2, 0.25) is 0 Å². The first-order chi connectivity index (χ1) is 8.69. The normalized spacial score (nSPS) is 17.9. The van der Waals surface area contributed by atoms with E-state index in [1.54, 1.807) is 0 Å². The molecule has 0 radical (unpaired) electrons. The molecule has 0 atom stereocenters. The van der Waals surface area contributed by atoms with Crippen molar-refractivity contribution in [1.82, 2.24) is 4.90 Å². The van der Waals surface area contributed by atoms with Crippen LogP contribution in [0.25, 0.3) is 0 Å². The van der Waals surface area contributed by atoms with E-state index in [1.165, 1.54) is 12.1 Å². The summed E-state index contributed by atoms with van der Waals surface area (Å²) in [6, 6.07) is 3.79. The van der Waals surface area contributed by atoms with Crippen molar-refractivity contribution in [3.8, 4) is 0 Å². The highest BCUT2D eigenvalue weighted by Crippen LogP contribution is 2.20. The smallest absolute Gasteiger partial charge is 0.146 e. The molecule has 1 fully saturated rings. The third-order valence-electron chi connectivity index (χ3n) is 3.42. The van der Waals surface area contributed by atoms with Crippen LogP contribution in [-0.2, 0) is 0 Å². The summed E-state index contributed by atoms with van der Waals surface area (Å²) >= 11 is 0. The maximum Gasteiger partial charge on any atom is 0.146 e. The fraction of sp³-hybridized carbons (Fsp3) is 0.571. The molecule has 2 nitrogen and oxygen atoms in total. The Hall–Kier alpha value is -1.16. The monoisotopic (exact) mass is 254 g/mol. The molecule has 1 heterocycles. The first-order valence-corrected chi connectivity index (χ1v) is 6.63. The molecule has 0 spiro atoms. The highest BCUT2D eigenvalue weighted by Gasteiger charge is 2.19. The van der Waals surface area contributed by atoms with Gasteiger partial charge in [0, 0.05) is 19.1 Å². The van der Waals surface area contributed by atoms with Crippen LogP contribution in [0.4, 0.5) is 14.5 Å². The maximum atomic E-state index is 13.5. The largest absolute Gasteiger partial charge is 0.380 e. The molecule has 4 heteroatoms. The van der Waals surface area contributed by atoms with Gasteiger partial charge in [0.1, 0.15) is 11.6 Å². The molecule has 0 unspecified atom stereocenters. The Morgan fingerprint density at radius 3 is 2.67 bits per heavy atom. The molecule has 1 saturated heterocycles. The molecule has 100 valence electrons. The average Bonchev–Trinajstić information content (AvgIpc) is 2.37. The minimum absolute atomic E-state index is 0.245. The van der Waals surface area contributed by atoms with E-state index in [0.29, 0.717) is 0 Å². The van der Waals surface area contributed by atoms with Gasteiger partial charge in [-0.3, -0.25) is 0 Å². The van der Waals surface area contributed by atoms with E-state index in [-0.39, 0.29) is 17.5 Å². The second kappa shape index (κ2) is 6.14. The van der Waals surface area contributed by atoms with Crippen molar-refractivity contribution in [3.63, 3.8) is 0 Å². The number of anilines is 1. The molecule has 1 aliphatic rings. The number of likely N-dealkylation sites (tertiary alicyclic amines) is 1. The summed E-state index contributed by atoms with van der Waals surface area (Å²) in [6.07, 6.45) is 3.13. The van der Waals surface area contributed by atoms with Gasteiger partial charge in [-0.15, -0.1) is 0 Å². The lowest BCUT2D eigenvalue weighted by Gasteiger charge is -2.32. The Kier molecular flexibility index (Phi) is 4.53. The Balaban J connectivity index is 1.89. The van der Waals surface area contributed by atoms with Crippen molar-refractivity contribution in [3.05, 3.63) is 29.8 Å². The first-order valence-electron chi connectivity index (χ1n) is 6.63. The standard InChI is InChI=1S/C14H20F2N2/c1-2-7-18-8-5-12(6-9-18)17-14-10-11(15)3-4-13(14)16/h3-4,10,12,17H,2,5-9H2,1H3. The average molecular weight is 254 g/mol. The molecular weight excluding hydrogens is 234 g/mol.